The average Bonchev–Trinajstić information content (AvgIpc) is 1.77. The predicted molar refractivity (Wildman–Crippen MR) is 419 cm³/mol. The summed E-state index contributed by atoms with van der Waals surface area (Å²) in [6.07, 6.45) is 27.0. The highest BCUT2D eigenvalue weighted by molar-refractivity contribution is 6.07. The van der Waals surface area contributed by atoms with Gasteiger partial charge in [-0.25, -0.2) is 19.2 Å². The molecule has 4 fully saturated rings. The largest absolute Gasteiger partial charge is 0.368 e. The number of aromatic nitrogens is 1. The second-order valence-corrected chi connectivity index (χ2v) is 29.0. The van der Waals surface area contributed by atoms with Gasteiger partial charge in [0.2, 0.25) is 0 Å². The number of likely N-dealkylation sites (N-methyl/N-ethyl adjacent to an activating group) is 1. The van der Waals surface area contributed by atoms with E-state index in [1.807, 2.05) is 74.0 Å². The summed E-state index contributed by atoms with van der Waals surface area (Å²) in [6, 6.07) is 6.10. The topological polar surface area (TPSA) is 364 Å². The molecule has 3 saturated carbocycles. The molecule has 10 aliphatic rings. The molecule has 3 aliphatic carbocycles. The minimum Gasteiger partial charge on any atom is -0.368 e. The van der Waals surface area contributed by atoms with Gasteiger partial charge in [-0.15, -0.1) is 0 Å². The molecule has 0 unspecified atom stereocenters. The summed E-state index contributed by atoms with van der Waals surface area (Å²) < 4.78 is 0. The van der Waals surface area contributed by atoms with Crippen molar-refractivity contribution in [3.8, 4) is 0 Å². The molecule has 11 rings (SSSR count). The van der Waals surface area contributed by atoms with Gasteiger partial charge in [0.15, 0.2) is 0 Å². The van der Waals surface area contributed by atoms with Gasteiger partial charge in [-0.1, -0.05) is 19.8 Å². The third-order valence-electron chi connectivity index (χ3n) is 16.7. The smallest absolute Gasteiger partial charge is 0.323 e. The van der Waals surface area contributed by atoms with E-state index < -0.39 is 0 Å². The second-order valence-electron chi connectivity index (χ2n) is 29.0. The molecule has 0 aromatic carbocycles. The zero-order chi connectivity index (χ0) is 75.7. The Morgan fingerprint density at radius 1 is 0.423 bits per heavy atom. The van der Waals surface area contributed by atoms with Crippen LogP contribution in [0.1, 0.15) is 174 Å². The maximum atomic E-state index is 12.3. The summed E-state index contributed by atoms with van der Waals surface area (Å²) >= 11 is 0. The molecule has 29 heteroatoms. The number of carbonyl (C=O) groups is 6. The molecule has 1 aromatic heterocycles. The van der Waals surface area contributed by atoms with Crippen LogP contribution in [-0.4, -0.2) is 206 Å². The van der Waals surface area contributed by atoms with E-state index in [0.717, 1.165) is 152 Å². The van der Waals surface area contributed by atoms with Crippen molar-refractivity contribution >= 4 is 76.6 Å². The lowest BCUT2D eigenvalue weighted by Crippen LogP contribution is -2.45. The second kappa shape index (κ2) is 43.5. The van der Waals surface area contributed by atoms with E-state index in [-0.39, 0.29) is 35.9 Å². The van der Waals surface area contributed by atoms with Gasteiger partial charge in [0.25, 0.3) is 11.8 Å². The Balaban J connectivity index is 0.000000196. The normalized spacial score (nSPS) is 18.0. The van der Waals surface area contributed by atoms with E-state index in [1.165, 1.54) is 19.3 Å². The first-order valence-electron chi connectivity index (χ1n) is 37.6. The Morgan fingerprint density at radius 3 is 1.10 bits per heavy atom. The molecule has 572 valence electrons. The lowest BCUT2D eigenvalue weighted by Gasteiger charge is -2.30. The lowest BCUT2D eigenvalue weighted by atomic mass is 9.93. The fourth-order valence-electron chi connectivity index (χ4n) is 11.2. The number of hydrogen-bond acceptors (Lipinski definition) is 19. The summed E-state index contributed by atoms with van der Waals surface area (Å²) in [4.78, 5) is 104. The molecule has 29 nitrogen and oxygen atoms in total. The maximum Gasteiger partial charge on any atom is 0.323 e. The monoisotopic (exact) mass is 1440 g/mol. The number of hydrogen-bond donors (Lipinski definition) is 14. The Morgan fingerprint density at radius 2 is 0.760 bits per heavy atom. The number of pyridine rings is 1. The summed E-state index contributed by atoms with van der Waals surface area (Å²) in [5.41, 5.74) is 5.59. The lowest BCUT2D eigenvalue weighted by molar-refractivity contribution is -0.128. The first-order chi connectivity index (χ1) is 49.7. The summed E-state index contributed by atoms with van der Waals surface area (Å²) in [6.45, 7) is 37.4. The first kappa shape index (κ1) is 83.4. The van der Waals surface area contributed by atoms with E-state index in [1.54, 1.807) is 24.5 Å². The number of amides is 10. The van der Waals surface area contributed by atoms with E-state index in [4.69, 9.17) is 0 Å². The van der Waals surface area contributed by atoms with Crippen molar-refractivity contribution in [3.05, 3.63) is 94.9 Å². The number of rotatable bonds is 18. The summed E-state index contributed by atoms with van der Waals surface area (Å²) in [5.74, 6) is 6.04. The highest BCUT2D eigenvalue weighted by Gasteiger charge is 2.28. The van der Waals surface area contributed by atoms with Crippen molar-refractivity contribution in [1.29, 1.82) is 0 Å². The number of nitrogens with zero attached hydrogens (tertiary/aromatic N) is 9. The van der Waals surface area contributed by atoms with Gasteiger partial charge >= 0.3 is 24.1 Å². The molecule has 1 aromatic rings. The zero-order valence-electron chi connectivity index (χ0n) is 64.4. The Labute approximate surface area is 617 Å². The molecule has 0 spiro atoms. The van der Waals surface area contributed by atoms with E-state index in [0.29, 0.717) is 99.3 Å². The van der Waals surface area contributed by atoms with Gasteiger partial charge in [-0.2, -0.15) is 0 Å². The first-order valence-corrected chi connectivity index (χ1v) is 37.6. The maximum absolute atomic E-state index is 12.3. The molecule has 14 N–H and O–H groups in total. The minimum absolute atomic E-state index is 0.103. The zero-order valence-corrected chi connectivity index (χ0v) is 64.4. The van der Waals surface area contributed by atoms with Crippen molar-refractivity contribution < 1.29 is 28.8 Å². The van der Waals surface area contributed by atoms with Crippen molar-refractivity contribution in [3.63, 3.8) is 0 Å². The van der Waals surface area contributed by atoms with Gasteiger partial charge in [0, 0.05) is 145 Å². The number of likely N-dealkylation sites (tertiary alicyclic amines) is 1. The molecule has 10 amide bonds. The van der Waals surface area contributed by atoms with Crippen molar-refractivity contribution in [2.75, 3.05) is 70.8 Å². The van der Waals surface area contributed by atoms with Crippen molar-refractivity contribution in [2.45, 2.75) is 229 Å². The Kier molecular flexibility index (Phi) is 34.9. The molecule has 8 heterocycles. The molecule has 7 aliphatic heterocycles. The quantitative estimate of drug-likeness (QED) is 0.0672. The van der Waals surface area contributed by atoms with Crippen LogP contribution in [0.5, 0.6) is 0 Å². The van der Waals surface area contributed by atoms with Crippen LogP contribution in [0, 0.1) is 5.92 Å². The molecular formula is C75H121N23O6. The van der Waals surface area contributed by atoms with Gasteiger partial charge in [-0.05, 0) is 185 Å². The fourth-order valence-corrected chi connectivity index (χ4v) is 11.2. The van der Waals surface area contributed by atoms with Gasteiger partial charge < -0.3 is 84.2 Å². The number of amidine groups is 6. The van der Waals surface area contributed by atoms with Crippen LogP contribution in [0.3, 0.4) is 0 Å². The number of carbonyl (C=O) groups excluding carboxylic acids is 6. The van der Waals surface area contributed by atoms with Crippen LogP contribution in [0.25, 0.3) is 0 Å². The van der Waals surface area contributed by atoms with Crippen LogP contribution >= 0.6 is 0 Å². The van der Waals surface area contributed by atoms with Crippen LogP contribution < -0.4 is 74.4 Å². The van der Waals surface area contributed by atoms with Gasteiger partial charge in [0.05, 0.1) is 51.2 Å². The number of piperidine rings is 1. The Hall–Kier alpha value is -9.57. The number of nitrogens with one attached hydrogen (secondary N) is 14. The van der Waals surface area contributed by atoms with Crippen molar-refractivity contribution in [1.82, 2.24) is 83.9 Å². The van der Waals surface area contributed by atoms with E-state index >= 15 is 0 Å². The predicted octanol–water partition coefficient (Wildman–Crippen LogP) is 7.67. The molecule has 0 bridgehead atoms. The standard InChI is InChI=1S/C14H23N3O.C13H17N5O.C13H22N4O.C12H20N4O.C12H21N3O.C11H18N4O/c1-10(2)16-13-8-12(9-15-13)14(18)17-6-4-11(3)5-7-17;1-9(2)16-12-6-11(8-15-12)18-13(19)17-10-4-3-5-14-7-10;1-9(2)15-12-7-11(8-14-12)17-13(18)16-10-5-3-4-6-10;1-8(2)14-11-6-10(7-13-11)16-12(17)15-9-4-3-5-9;1-5-15(6-2)12(16)10-7-11(13-8-10)14-9(3)4;1-7(2)13-10-5-9(6-12-10)15-11(16)14-8-3-4-8/h8,10-11H,4-7,9H2,1-3H3,(H,15,16);3-7,9H,8H2,1-2H3,(H,15,16)(H2,17,18,19);7,9-10H,3-6,8H2,1-2H3,(H,14,15)(H2,16,17,18);6,8-9H,3-5,7H2,1-2H3,(H,13,14)(H2,15,16,17);7,9H,5-6,8H2,1-4H3,(H,13,14);5,7-8H,3-4,6H2,1-2H3,(H,12,13)(H2,14,15,16). The molecule has 0 atom stereocenters. The fraction of sp³-hybridized carbons (Fsp3) is 0.613. The number of urea groups is 4. The van der Waals surface area contributed by atoms with E-state index in [2.05, 4.69) is 186 Å². The summed E-state index contributed by atoms with van der Waals surface area (Å²) in [7, 11) is 0. The SMILES string of the molecule is CC(C)NC1=NCC(NC(=O)NC2CC2)=C1.CC(C)NC1=NCC(NC(=O)NC2CCC2)=C1.CC(C)NC1=NCC(NC(=O)NC2CCCC2)=C1.CC(C)NC1=NCC(NC(=O)Nc2cccnc2)=C1.CC1CCN(C(=O)C2=CC(NC(C)C)=NC2)CC1.CCN(CC)C(=O)C1=CC(NC(C)C)=NC1. The molecule has 104 heavy (non-hydrogen) atoms. The number of anilines is 1. The van der Waals surface area contributed by atoms with Crippen LogP contribution in [0.15, 0.2) is 125 Å². The third kappa shape index (κ3) is 32.4. The minimum atomic E-state index is -0.291. The van der Waals surface area contributed by atoms with Gasteiger partial charge in [0.1, 0.15) is 35.0 Å². The highest BCUT2D eigenvalue weighted by Crippen LogP contribution is 2.22. The molecular weight excluding hydrogens is 1320 g/mol. The average molecular weight is 1440 g/mol. The van der Waals surface area contributed by atoms with Gasteiger partial charge in [-0.3, -0.25) is 44.5 Å². The summed E-state index contributed by atoms with van der Waals surface area (Å²) in [5, 5.41) is 42.0. The highest BCUT2D eigenvalue weighted by atomic mass is 16.2. The molecule has 1 saturated heterocycles. The van der Waals surface area contributed by atoms with Crippen molar-refractivity contribution in [2.24, 2.45) is 35.9 Å². The number of aliphatic imine (C=N–C) groups is 6. The van der Waals surface area contributed by atoms with E-state index in [9.17, 15) is 28.8 Å². The van der Waals surface area contributed by atoms with Crippen LogP contribution in [0.4, 0.5) is 24.9 Å². The molecule has 0 radical (unpaired) electrons. The third-order valence-corrected chi connectivity index (χ3v) is 16.7. The van der Waals surface area contributed by atoms with Crippen LogP contribution in [0.2, 0.25) is 0 Å². The Bertz CT molecular complexity index is 3400. The van der Waals surface area contributed by atoms with Crippen LogP contribution in [-0.2, 0) is 9.59 Å².